The minimum atomic E-state index is -0.322. The molecule has 0 unspecified atom stereocenters. The highest BCUT2D eigenvalue weighted by molar-refractivity contribution is 5.78. The number of nitro groups is 1. The first-order valence-electron chi connectivity index (χ1n) is 11.9. The molecule has 0 amide bonds. The number of hydrogen-bond acceptors (Lipinski definition) is 5. The normalized spacial score (nSPS) is 14.5. The van der Waals surface area contributed by atoms with Crippen LogP contribution in [0.4, 0.5) is 11.4 Å². The zero-order valence-electron chi connectivity index (χ0n) is 21.4. The van der Waals surface area contributed by atoms with Gasteiger partial charge in [0.2, 0.25) is 0 Å². The Kier molecular flexibility index (Phi) is 8.28. The Balaban J connectivity index is 0.000000192. The predicted molar refractivity (Wildman–Crippen MR) is 143 cm³/mol. The predicted octanol–water partition coefficient (Wildman–Crippen LogP) is 5.43. The number of anilines is 1. The number of nitro benzene ring substituents is 1. The largest absolute Gasteiger partial charge is 0.399 e. The van der Waals surface area contributed by atoms with E-state index in [-0.39, 0.29) is 10.6 Å². The topological polar surface area (TPSA) is 75.6 Å². The molecule has 0 radical (unpaired) electrons. The third-order valence-corrected chi connectivity index (χ3v) is 6.65. The van der Waals surface area contributed by atoms with Crippen LogP contribution in [0.2, 0.25) is 0 Å². The lowest BCUT2D eigenvalue weighted by Crippen LogP contribution is -2.13. The van der Waals surface area contributed by atoms with Gasteiger partial charge in [-0.05, 0) is 113 Å². The molecule has 4 rings (SSSR count). The van der Waals surface area contributed by atoms with E-state index >= 15 is 0 Å². The first kappa shape index (κ1) is 25.7. The van der Waals surface area contributed by atoms with Gasteiger partial charge in [-0.3, -0.25) is 10.1 Å². The van der Waals surface area contributed by atoms with Crippen LogP contribution in [0, 0.1) is 10.1 Å². The zero-order valence-corrected chi connectivity index (χ0v) is 21.4. The maximum Gasteiger partial charge on any atom is 0.270 e. The highest BCUT2D eigenvalue weighted by Gasteiger charge is 2.21. The van der Waals surface area contributed by atoms with E-state index in [1.807, 2.05) is 26.2 Å². The minimum absolute atomic E-state index is 0.186. The summed E-state index contributed by atoms with van der Waals surface area (Å²) < 4.78 is 0. The first-order chi connectivity index (χ1) is 16.1. The van der Waals surface area contributed by atoms with Gasteiger partial charge in [-0.2, -0.15) is 0 Å². The fraction of sp³-hybridized carbons (Fsp3) is 0.429. The lowest BCUT2D eigenvalue weighted by Gasteiger charge is -2.12. The number of nitrogen functional groups attached to an aromatic ring is 1. The van der Waals surface area contributed by atoms with Gasteiger partial charge in [0.05, 0.1) is 4.92 Å². The second-order valence-corrected chi connectivity index (χ2v) is 9.99. The highest BCUT2D eigenvalue weighted by Crippen LogP contribution is 2.37. The molecule has 0 aromatic heterocycles. The van der Waals surface area contributed by atoms with Gasteiger partial charge < -0.3 is 15.5 Å². The molecule has 2 N–H and O–H groups in total. The first-order valence-corrected chi connectivity index (χ1v) is 11.9. The minimum Gasteiger partial charge on any atom is -0.399 e. The van der Waals surface area contributed by atoms with Crippen LogP contribution in [0.5, 0.6) is 0 Å². The van der Waals surface area contributed by atoms with Crippen molar-refractivity contribution in [1.82, 2.24) is 9.80 Å². The number of nitrogens with two attached hydrogens (primary N) is 1. The van der Waals surface area contributed by atoms with Crippen molar-refractivity contribution >= 4 is 22.5 Å². The fourth-order valence-corrected chi connectivity index (χ4v) is 4.75. The SMILES string of the molecule is CC1=C(CCN(C)C)c2cc(N)ccc2C1.CC1=C(CCN(C)C)c2cc([N+](=O)[O-])ccc2C1. The van der Waals surface area contributed by atoms with E-state index < -0.39 is 0 Å². The molecule has 34 heavy (non-hydrogen) atoms. The van der Waals surface area contributed by atoms with E-state index in [0.29, 0.717) is 0 Å². The molecule has 2 aliphatic carbocycles. The van der Waals surface area contributed by atoms with Crippen LogP contribution in [0.1, 0.15) is 48.9 Å². The van der Waals surface area contributed by atoms with Crippen LogP contribution < -0.4 is 5.73 Å². The molecular weight excluding hydrogens is 424 g/mol. The van der Waals surface area contributed by atoms with Crippen LogP contribution in [0.3, 0.4) is 0 Å². The summed E-state index contributed by atoms with van der Waals surface area (Å²) in [6.45, 7) is 6.42. The van der Waals surface area contributed by atoms with Crippen molar-refractivity contribution in [2.24, 2.45) is 0 Å². The summed E-state index contributed by atoms with van der Waals surface area (Å²) >= 11 is 0. The molecule has 0 aliphatic heterocycles. The van der Waals surface area contributed by atoms with Gasteiger partial charge in [-0.15, -0.1) is 0 Å². The molecular formula is C28H38N4O2. The fourth-order valence-electron chi connectivity index (χ4n) is 4.75. The Hall–Kier alpha value is -2.96. The van der Waals surface area contributed by atoms with Gasteiger partial charge in [0, 0.05) is 30.9 Å². The smallest absolute Gasteiger partial charge is 0.270 e. The summed E-state index contributed by atoms with van der Waals surface area (Å²) in [6.07, 6.45) is 4.09. The van der Waals surface area contributed by atoms with Crippen LogP contribution in [0.25, 0.3) is 11.1 Å². The molecule has 0 bridgehead atoms. The summed E-state index contributed by atoms with van der Waals surface area (Å²) in [7, 11) is 8.31. The van der Waals surface area contributed by atoms with Crippen LogP contribution >= 0.6 is 0 Å². The van der Waals surface area contributed by atoms with Gasteiger partial charge in [0.15, 0.2) is 0 Å². The summed E-state index contributed by atoms with van der Waals surface area (Å²) in [6, 6.07) is 11.5. The molecule has 2 aliphatic rings. The van der Waals surface area contributed by atoms with Gasteiger partial charge in [0.25, 0.3) is 5.69 Å². The third kappa shape index (κ3) is 6.13. The monoisotopic (exact) mass is 462 g/mol. The summed E-state index contributed by atoms with van der Waals surface area (Å²) in [4.78, 5) is 14.9. The van der Waals surface area contributed by atoms with E-state index in [1.54, 1.807) is 12.1 Å². The Morgan fingerprint density at radius 1 is 0.824 bits per heavy atom. The standard InChI is InChI=1S/C14H18N2O2.C14H20N2/c1-10-8-11-4-5-12(16(17)18)9-14(11)13(10)6-7-15(2)3;1-10-8-11-4-5-12(15)9-14(11)13(10)6-7-16(2)3/h4-5,9H,6-8H2,1-3H3;4-5,9H,6-8,15H2,1-3H3. The van der Waals surface area contributed by atoms with E-state index in [9.17, 15) is 10.1 Å². The lowest BCUT2D eigenvalue weighted by molar-refractivity contribution is -0.384. The van der Waals surface area contributed by atoms with Crippen molar-refractivity contribution in [3.05, 3.63) is 79.9 Å². The summed E-state index contributed by atoms with van der Waals surface area (Å²) in [5, 5.41) is 10.8. The lowest BCUT2D eigenvalue weighted by atomic mass is 10.0. The molecule has 2 aromatic carbocycles. The van der Waals surface area contributed by atoms with Crippen molar-refractivity contribution in [1.29, 1.82) is 0 Å². The van der Waals surface area contributed by atoms with Crippen molar-refractivity contribution in [2.75, 3.05) is 47.0 Å². The zero-order chi connectivity index (χ0) is 25.0. The number of allylic oxidation sites excluding steroid dienone is 2. The molecule has 0 atom stereocenters. The molecule has 6 nitrogen and oxygen atoms in total. The number of rotatable bonds is 7. The quantitative estimate of drug-likeness (QED) is 0.337. The molecule has 6 heteroatoms. The van der Waals surface area contributed by atoms with E-state index in [4.69, 9.17) is 5.73 Å². The highest BCUT2D eigenvalue weighted by atomic mass is 16.6. The maximum atomic E-state index is 10.8. The number of benzene rings is 2. The van der Waals surface area contributed by atoms with E-state index in [1.165, 1.54) is 39.0 Å². The summed E-state index contributed by atoms with van der Waals surface area (Å²) in [5.74, 6) is 0. The molecule has 0 spiro atoms. The van der Waals surface area contributed by atoms with Crippen LogP contribution in [-0.4, -0.2) is 56.0 Å². The maximum absolute atomic E-state index is 10.8. The second kappa shape index (κ2) is 11.0. The van der Waals surface area contributed by atoms with Gasteiger partial charge in [-0.1, -0.05) is 23.3 Å². The third-order valence-electron chi connectivity index (χ3n) is 6.65. The molecule has 0 heterocycles. The second-order valence-electron chi connectivity index (χ2n) is 9.99. The van der Waals surface area contributed by atoms with Crippen molar-refractivity contribution in [3.63, 3.8) is 0 Å². The Morgan fingerprint density at radius 3 is 1.76 bits per heavy atom. The molecule has 2 aromatic rings. The average Bonchev–Trinajstić information content (AvgIpc) is 3.24. The molecule has 0 saturated heterocycles. The van der Waals surface area contributed by atoms with E-state index in [0.717, 1.165) is 50.0 Å². The number of non-ortho nitro benzene ring substituents is 1. The van der Waals surface area contributed by atoms with Crippen LogP contribution in [0.15, 0.2) is 47.5 Å². The van der Waals surface area contributed by atoms with Crippen molar-refractivity contribution in [3.8, 4) is 0 Å². The molecule has 0 fully saturated rings. The van der Waals surface area contributed by atoms with Gasteiger partial charge >= 0.3 is 0 Å². The Labute approximate surface area is 203 Å². The van der Waals surface area contributed by atoms with E-state index in [2.05, 4.69) is 49.9 Å². The number of hydrogen-bond donors (Lipinski definition) is 1. The average molecular weight is 463 g/mol. The van der Waals surface area contributed by atoms with Gasteiger partial charge in [-0.25, -0.2) is 0 Å². The number of nitrogens with zero attached hydrogens (tertiary/aromatic N) is 3. The van der Waals surface area contributed by atoms with Crippen molar-refractivity contribution in [2.45, 2.75) is 39.5 Å². The van der Waals surface area contributed by atoms with Crippen LogP contribution in [-0.2, 0) is 12.8 Å². The van der Waals surface area contributed by atoms with Gasteiger partial charge in [0.1, 0.15) is 0 Å². The molecule has 182 valence electrons. The Bertz CT molecular complexity index is 1130. The number of fused-ring (bicyclic) bond motifs is 2. The summed E-state index contributed by atoms with van der Waals surface area (Å²) in [5.41, 5.74) is 17.6. The Morgan fingerprint density at radius 2 is 1.29 bits per heavy atom. The molecule has 0 saturated carbocycles. The van der Waals surface area contributed by atoms with Crippen molar-refractivity contribution < 1.29 is 4.92 Å².